The van der Waals surface area contributed by atoms with Crippen LogP contribution in [0.25, 0.3) is 0 Å². The summed E-state index contributed by atoms with van der Waals surface area (Å²) in [6, 6.07) is 2.73. The van der Waals surface area contributed by atoms with Crippen molar-refractivity contribution in [3.05, 3.63) is 47.7 Å². The number of halogens is 3. The number of carbonyl (C=O) groups is 2. The number of nitrogens with zero attached hydrogens (tertiary/aromatic N) is 1. The number of hydrogen-bond donors (Lipinski definition) is 2. The molecular formula is C12H7F3N2O4. The Morgan fingerprint density at radius 3 is 2.48 bits per heavy atom. The van der Waals surface area contributed by atoms with Crippen molar-refractivity contribution in [2.75, 3.05) is 5.32 Å². The van der Waals surface area contributed by atoms with Crippen molar-refractivity contribution in [3.63, 3.8) is 0 Å². The summed E-state index contributed by atoms with van der Waals surface area (Å²) < 4.78 is 41.7. The van der Waals surface area contributed by atoms with Gasteiger partial charge >= 0.3 is 12.1 Å². The van der Waals surface area contributed by atoms with E-state index in [1.54, 1.807) is 0 Å². The van der Waals surface area contributed by atoms with E-state index < -0.39 is 23.7 Å². The highest BCUT2D eigenvalue weighted by molar-refractivity contribution is 6.03. The number of carbonyl (C=O) groups excluding carboxylic acids is 1. The molecule has 0 spiro atoms. The highest BCUT2D eigenvalue weighted by Crippen LogP contribution is 2.27. The molecule has 0 saturated carbocycles. The monoisotopic (exact) mass is 300 g/mol. The zero-order valence-corrected chi connectivity index (χ0v) is 10.1. The normalized spacial score (nSPS) is 11.2. The number of carboxylic acids is 1. The van der Waals surface area contributed by atoms with Crippen LogP contribution in [0, 0.1) is 0 Å². The largest absolute Gasteiger partial charge is 0.478 e. The van der Waals surface area contributed by atoms with Crippen LogP contribution in [-0.2, 0) is 6.18 Å². The van der Waals surface area contributed by atoms with Gasteiger partial charge in [0.25, 0.3) is 5.91 Å². The van der Waals surface area contributed by atoms with Gasteiger partial charge in [-0.05, 0) is 12.1 Å². The fourth-order valence-corrected chi connectivity index (χ4v) is 1.40. The molecule has 6 nitrogen and oxygen atoms in total. The van der Waals surface area contributed by atoms with Crippen molar-refractivity contribution >= 4 is 17.6 Å². The molecular weight excluding hydrogens is 293 g/mol. The number of furan rings is 1. The van der Waals surface area contributed by atoms with E-state index in [1.807, 2.05) is 0 Å². The number of alkyl halides is 3. The van der Waals surface area contributed by atoms with Gasteiger partial charge in [-0.3, -0.25) is 4.79 Å². The van der Waals surface area contributed by atoms with Crippen LogP contribution in [0.4, 0.5) is 18.9 Å². The van der Waals surface area contributed by atoms with Crippen molar-refractivity contribution in [3.8, 4) is 0 Å². The maximum atomic E-state index is 12.3. The molecule has 1 amide bonds. The first-order valence-corrected chi connectivity index (χ1v) is 5.44. The molecule has 0 radical (unpaired) electrons. The number of hydrogen-bond acceptors (Lipinski definition) is 4. The number of rotatable bonds is 3. The molecule has 2 aromatic rings. The van der Waals surface area contributed by atoms with E-state index >= 15 is 0 Å². The van der Waals surface area contributed by atoms with Gasteiger partial charge in [-0.2, -0.15) is 13.2 Å². The summed E-state index contributed by atoms with van der Waals surface area (Å²) in [6.07, 6.45) is -2.86. The molecule has 0 bridgehead atoms. The fourth-order valence-electron chi connectivity index (χ4n) is 1.40. The second-order valence-electron chi connectivity index (χ2n) is 3.89. The summed E-state index contributed by atoms with van der Waals surface area (Å²) in [5.74, 6) is -2.36. The minimum Gasteiger partial charge on any atom is -0.478 e. The van der Waals surface area contributed by atoms with Gasteiger partial charge in [0.05, 0.1) is 17.4 Å². The van der Waals surface area contributed by atoms with E-state index in [4.69, 9.17) is 9.52 Å². The Kier molecular flexibility index (Phi) is 3.66. The van der Waals surface area contributed by atoms with Crippen molar-refractivity contribution in [1.82, 2.24) is 4.98 Å². The first kappa shape index (κ1) is 14.6. The predicted octanol–water partition coefficient (Wildman–Crippen LogP) is 2.64. The van der Waals surface area contributed by atoms with Gasteiger partial charge in [0.2, 0.25) is 0 Å². The molecule has 0 unspecified atom stereocenters. The van der Waals surface area contributed by atoms with E-state index in [1.165, 1.54) is 0 Å². The van der Waals surface area contributed by atoms with E-state index in [0.717, 1.165) is 24.6 Å². The summed E-state index contributed by atoms with van der Waals surface area (Å²) in [4.78, 5) is 25.5. The van der Waals surface area contributed by atoms with Gasteiger partial charge < -0.3 is 14.8 Å². The van der Waals surface area contributed by atoms with Gasteiger partial charge in [0.1, 0.15) is 12.0 Å². The Bertz CT molecular complexity index is 677. The van der Waals surface area contributed by atoms with Gasteiger partial charge in [-0.15, -0.1) is 0 Å². The zero-order chi connectivity index (χ0) is 15.6. The molecule has 0 saturated heterocycles. The average molecular weight is 300 g/mol. The summed E-state index contributed by atoms with van der Waals surface area (Å²) in [5, 5.41) is 10.9. The Balaban J connectivity index is 2.10. The summed E-state index contributed by atoms with van der Waals surface area (Å²) >= 11 is 0. The minimum atomic E-state index is -4.57. The third-order valence-corrected chi connectivity index (χ3v) is 2.38. The highest BCUT2D eigenvalue weighted by atomic mass is 19.4. The maximum Gasteiger partial charge on any atom is 0.433 e. The third kappa shape index (κ3) is 3.38. The predicted molar refractivity (Wildman–Crippen MR) is 62.9 cm³/mol. The third-order valence-electron chi connectivity index (χ3n) is 2.38. The Morgan fingerprint density at radius 2 is 2.00 bits per heavy atom. The van der Waals surface area contributed by atoms with Gasteiger partial charge in [-0.1, -0.05) is 0 Å². The Morgan fingerprint density at radius 1 is 1.29 bits per heavy atom. The van der Waals surface area contributed by atoms with E-state index in [0.29, 0.717) is 6.07 Å². The smallest absolute Gasteiger partial charge is 0.433 e. The lowest BCUT2D eigenvalue weighted by Crippen LogP contribution is -2.12. The topological polar surface area (TPSA) is 92.4 Å². The van der Waals surface area contributed by atoms with Crippen LogP contribution < -0.4 is 5.32 Å². The second-order valence-corrected chi connectivity index (χ2v) is 3.89. The maximum absolute atomic E-state index is 12.3. The Labute approximate surface area is 115 Å². The zero-order valence-electron chi connectivity index (χ0n) is 10.1. The molecule has 2 N–H and O–H groups in total. The van der Waals surface area contributed by atoms with Gasteiger partial charge in [-0.25, -0.2) is 9.78 Å². The average Bonchev–Trinajstić information content (AvgIpc) is 2.88. The molecule has 21 heavy (non-hydrogen) atoms. The standard InChI is InChI=1S/C12H7F3N2O4/c13-12(14,15)9-2-1-7(4-16-9)17-10(18)8-3-6(5-21-8)11(19)20/h1-5H,(H,17,18)(H,19,20). The SMILES string of the molecule is O=C(O)c1coc(C(=O)Nc2ccc(C(F)(F)F)nc2)c1. The fraction of sp³-hybridized carbons (Fsp3) is 0.0833. The second kappa shape index (κ2) is 5.27. The van der Waals surface area contributed by atoms with Crippen molar-refractivity contribution in [2.45, 2.75) is 6.18 Å². The van der Waals surface area contributed by atoms with Gasteiger partial charge in [0, 0.05) is 6.07 Å². The molecule has 9 heteroatoms. The van der Waals surface area contributed by atoms with Crippen LogP contribution in [0.1, 0.15) is 26.6 Å². The van der Waals surface area contributed by atoms with Crippen molar-refractivity contribution in [2.24, 2.45) is 0 Å². The van der Waals surface area contributed by atoms with Crippen LogP contribution in [0.15, 0.2) is 35.1 Å². The number of anilines is 1. The number of amides is 1. The molecule has 0 fully saturated rings. The molecule has 0 aliphatic heterocycles. The van der Waals surface area contributed by atoms with Crippen LogP contribution in [0.2, 0.25) is 0 Å². The molecule has 2 aromatic heterocycles. The first-order valence-electron chi connectivity index (χ1n) is 5.44. The number of nitrogens with one attached hydrogen (secondary N) is 1. The molecule has 0 aromatic carbocycles. The lowest BCUT2D eigenvalue weighted by molar-refractivity contribution is -0.141. The number of aromatic nitrogens is 1. The molecule has 2 heterocycles. The first-order chi connectivity index (χ1) is 9.77. The lowest BCUT2D eigenvalue weighted by atomic mass is 10.3. The summed E-state index contributed by atoms with van der Waals surface area (Å²) in [6.45, 7) is 0. The van der Waals surface area contributed by atoms with Crippen LogP contribution in [-0.4, -0.2) is 22.0 Å². The number of pyridine rings is 1. The van der Waals surface area contributed by atoms with E-state index in [9.17, 15) is 22.8 Å². The summed E-state index contributed by atoms with van der Waals surface area (Å²) in [5.41, 5.74) is -1.29. The number of aromatic carboxylic acids is 1. The highest BCUT2D eigenvalue weighted by Gasteiger charge is 2.32. The molecule has 2 rings (SSSR count). The quantitative estimate of drug-likeness (QED) is 0.909. The van der Waals surface area contributed by atoms with Crippen molar-refractivity contribution in [1.29, 1.82) is 0 Å². The van der Waals surface area contributed by atoms with E-state index in [2.05, 4.69) is 10.3 Å². The van der Waals surface area contributed by atoms with Crippen molar-refractivity contribution < 1.29 is 32.3 Å². The van der Waals surface area contributed by atoms with E-state index in [-0.39, 0.29) is 17.0 Å². The van der Waals surface area contributed by atoms with Gasteiger partial charge in [0.15, 0.2) is 5.76 Å². The summed E-state index contributed by atoms with van der Waals surface area (Å²) in [7, 11) is 0. The molecule has 0 atom stereocenters. The Hall–Kier alpha value is -2.84. The molecule has 110 valence electrons. The van der Waals surface area contributed by atoms with Crippen LogP contribution in [0.5, 0.6) is 0 Å². The minimum absolute atomic E-state index is 0.0151. The van der Waals surface area contributed by atoms with Crippen LogP contribution >= 0.6 is 0 Å². The molecule has 0 aliphatic rings. The van der Waals surface area contributed by atoms with Crippen LogP contribution in [0.3, 0.4) is 0 Å². The number of carboxylic acid groups (broad SMARTS) is 1. The lowest BCUT2D eigenvalue weighted by Gasteiger charge is -2.06. The molecule has 0 aliphatic carbocycles.